The molecular formula is C18H22N2O5S. The van der Waals surface area contributed by atoms with Gasteiger partial charge in [-0.25, -0.2) is 0 Å². The standard InChI is InChI=1S/C18H22N2O5S/c1-12(2)9-16(22)19-14-5-3-13(4-6-14)15(21)11-25-17(23)10-20-7-8-26-18(20)24/h3-6,12H,7-11H2,1-2H3,(H,19,22). The molecule has 0 atom stereocenters. The maximum Gasteiger partial charge on any atom is 0.326 e. The third-order valence-corrected chi connectivity index (χ3v) is 4.51. The molecule has 1 fully saturated rings. The first-order valence-corrected chi connectivity index (χ1v) is 9.34. The van der Waals surface area contributed by atoms with Gasteiger partial charge in [-0.3, -0.25) is 19.2 Å². The maximum absolute atomic E-state index is 12.1. The molecule has 140 valence electrons. The van der Waals surface area contributed by atoms with Crippen LogP contribution in [-0.4, -0.2) is 53.2 Å². The number of Topliss-reactive ketones (excluding diaryl/α,β-unsaturated/α-hetero) is 1. The van der Waals surface area contributed by atoms with Crippen LogP contribution < -0.4 is 5.32 Å². The van der Waals surface area contributed by atoms with Gasteiger partial charge in [0.2, 0.25) is 5.91 Å². The molecule has 2 amide bonds. The molecule has 7 nitrogen and oxygen atoms in total. The van der Waals surface area contributed by atoms with Crippen molar-refractivity contribution in [2.45, 2.75) is 20.3 Å². The zero-order chi connectivity index (χ0) is 19.1. The lowest BCUT2D eigenvalue weighted by molar-refractivity contribution is -0.142. The monoisotopic (exact) mass is 378 g/mol. The van der Waals surface area contributed by atoms with Gasteiger partial charge in [-0.05, 0) is 30.2 Å². The van der Waals surface area contributed by atoms with E-state index in [0.717, 1.165) is 11.8 Å². The van der Waals surface area contributed by atoms with E-state index in [1.54, 1.807) is 24.3 Å². The number of hydrogen-bond acceptors (Lipinski definition) is 6. The number of benzene rings is 1. The van der Waals surface area contributed by atoms with Crippen molar-refractivity contribution < 1.29 is 23.9 Å². The van der Waals surface area contributed by atoms with Gasteiger partial charge in [0.05, 0.1) is 0 Å². The molecule has 0 saturated carbocycles. The molecule has 0 aliphatic carbocycles. The summed E-state index contributed by atoms with van der Waals surface area (Å²) in [5.41, 5.74) is 0.988. The molecule has 1 aliphatic rings. The lowest BCUT2D eigenvalue weighted by Gasteiger charge is -2.13. The van der Waals surface area contributed by atoms with Gasteiger partial charge in [0.1, 0.15) is 6.54 Å². The second-order valence-corrected chi connectivity index (χ2v) is 7.39. The van der Waals surface area contributed by atoms with Crippen LogP contribution in [0.4, 0.5) is 10.5 Å². The number of nitrogens with zero attached hydrogens (tertiary/aromatic N) is 1. The van der Waals surface area contributed by atoms with Gasteiger partial charge in [0.15, 0.2) is 12.4 Å². The Morgan fingerprint density at radius 3 is 2.50 bits per heavy atom. The van der Waals surface area contributed by atoms with E-state index in [9.17, 15) is 19.2 Å². The smallest absolute Gasteiger partial charge is 0.326 e. The van der Waals surface area contributed by atoms with Crippen LogP contribution in [0.5, 0.6) is 0 Å². The molecule has 1 N–H and O–H groups in total. The first-order chi connectivity index (χ1) is 12.3. The summed E-state index contributed by atoms with van der Waals surface area (Å²) in [6.45, 7) is 3.91. The summed E-state index contributed by atoms with van der Waals surface area (Å²) < 4.78 is 4.95. The van der Waals surface area contributed by atoms with Gasteiger partial charge in [-0.2, -0.15) is 0 Å². The fraction of sp³-hybridized carbons (Fsp3) is 0.444. The van der Waals surface area contributed by atoms with Crippen LogP contribution in [0.15, 0.2) is 24.3 Å². The summed E-state index contributed by atoms with van der Waals surface area (Å²) in [7, 11) is 0. The summed E-state index contributed by atoms with van der Waals surface area (Å²) in [4.78, 5) is 48.3. The van der Waals surface area contributed by atoms with E-state index in [4.69, 9.17) is 4.74 Å². The molecule has 8 heteroatoms. The normalized spacial score (nSPS) is 13.8. The van der Waals surface area contributed by atoms with Crippen molar-refractivity contribution in [1.29, 1.82) is 0 Å². The molecule has 1 aromatic carbocycles. The number of anilines is 1. The fourth-order valence-electron chi connectivity index (χ4n) is 2.32. The minimum absolute atomic E-state index is 0.0809. The van der Waals surface area contributed by atoms with E-state index < -0.39 is 5.97 Å². The van der Waals surface area contributed by atoms with Gasteiger partial charge in [0, 0.05) is 30.0 Å². The van der Waals surface area contributed by atoms with Gasteiger partial charge in [0.25, 0.3) is 5.24 Å². The van der Waals surface area contributed by atoms with E-state index in [0.29, 0.717) is 30.0 Å². The van der Waals surface area contributed by atoms with Crippen molar-refractivity contribution in [3.8, 4) is 0 Å². The van der Waals surface area contributed by atoms with Crippen molar-refractivity contribution in [3.63, 3.8) is 0 Å². The highest BCUT2D eigenvalue weighted by Crippen LogP contribution is 2.16. The van der Waals surface area contributed by atoms with E-state index in [1.165, 1.54) is 4.90 Å². The van der Waals surface area contributed by atoms with Crippen LogP contribution in [0.25, 0.3) is 0 Å². The molecule has 0 bridgehead atoms. The van der Waals surface area contributed by atoms with E-state index in [2.05, 4.69) is 5.32 Å². The minimum Gasteiger partial charge on any atom is -0.456 e. The molecule has 0 unspecified atom stereocenters. The predicted molar refractivity (Wildman–Crippen MR) is 99.2 cm³/mol. The summed E-state index contributed by atoms with van der Waals surface area (Å²) in [6.07, 6.45) is 0.425. The summed E-state index contributed by atoms with van der Waals surface area (Å²) >= 11 is 1.16. The fourth-order valence-corrected chi connectivity index (χ4v) is 3.15. The summed E-state index contributed by atoms with van der Waals surface area (Å²) in [5, 5.41) is 2.61. The quantitative estimate of drug-likeness (QED) is 0.552. The third kappa shape index (κ3) is 6.18. The second kappa shape index (κ2) is 9.38. The molecule has 0 radical (unpaired) electrons. The minimum atomic E-state index is -0.605. The zero-order valence-electron chi connectivity index (χ0n) is 14.8. The Labute approximate surface area is 156 Å². The molecule has 1 aromatic rings. The third-order valence-electron chi connectivity index (χ3n) is 3.61. The maximum atomic E-state index is 12.1. The van der Waals surface area contributed by atoms with Crippen LogP contribution in [0, 0.1) is 5.92 Å². The molecule has 1 saturated heterocycles. The van der Waals surface area contributed by atoms with Crippen molar-refractivity contribution in [2.24, 2.45) is 5.92 Å². The van der Waals surface area contributed by atoms with E-state index >= 15 is 0 Å². The summed E-state index contributed by atoms with van der Waals surface area (Å²) in [5.74, 6) is -0.111. The molecule has 1 aliphatic heterocycles. The van der Waals surface area contributed by atoms with Gasteiger partial charge >= 0.3 is 5.97 Å². The molecule has 1 heterocycles. The average Bonchev–Trinajstić information content (AvgIpc) is 2.97. The largest absolute Gasteiger partial charge is 0.456 e. The Morgan fingerprint density at radius 1 is 1.23 bits per heavy atom. The lowest BCUT2D eigenvalue weighted by atomic mass is 10.1. The Hall–Kier alpha value is -2.35. The number of rotatable bonds is 8. The Kier molecular flexibility index (Phi) is 7.20. The first kappa shape index (κ1) is 20.0. The number of ketones is 1. The Bertz CT molecular complexity index is 687. The van der Waals surface area contributed by atoms with Crippen molar-refractivity contribution in [1.82, 2.24) is 4.90 Å². The second-order valence-electron chi connectivity index (χ2n) is 6.34. The lowest BCUT2D eigenvalue weighted by Crippen LogP contribution is -2.31. The highest BCUT2D eigenvalue weighted by molar-refractivity contribution is 8.13. The number of hydrogen-bond donors (Lipinski definition) is 1. The van der Waals surface area contributed by atoms with Crippen LogP contribution in [0.1, 0.15) is 30.6 Å². The molecular weight excluding hydrogens is 356 g/mol. The molecule has 0 aromatic heterocycles. The number of amides is 2. The molecule has 0 spiro atoms. The van der Waals surface area contributed by atoms with Crippen molar-refractivity contribution in [2.75, 3.05) is 30.8 Å². The van der Waals surface area contributed by atoms with Crippen LogP contribution in [-0.2, 0) is 14.3 Å². The first-order valence-electron chi connectivity index (χ1n) is 8.35. The number of thioether (sulfide) groups is 1. The van der Waals surface area contributed by atoms with Crippen LogP contribution in [0.2, 0.25) is 0 Å². The van der Waals surface area contributed by atoms with Crippen LogP contribution >= 0.6 is 11.8 Å². The van der Waals surface area contributed by atoms with E-state index in [-0.39, 0.29) is 36.0 Å². The number of nitrogens with one attached hydrogen (secondary N) is 1. The Morgan fingerprint density at radius 2 is 1.92 bits per heavy atom. The van der Waals surface area contributed by atoms with Gasteiger partial charge < -0.3 is 15.0 Å². The Balaban J connectivity index is 1.79. The topological polar surface area (TPSA) is 92.8 Å². The van der Waals surface area contributed by atoms with Gasteiger partial charge in [-0.1, -0.05) is 25.6 Å². The predicted octanol–water partition coefficient (Wildman–Crippen LogP) is 2.57. The number of carbonyl (C=O) groups is 4. The highest BCUT2D eigenvalue weighted by Gasteiger charge is 2.24. The average molecular weight is 378 g/mol. The zero-order valence-corrected chi connectivity index (χ0v) is 15.6. The number of carbonyl (C=O) groups excluding carboxylic acids is 4. The molecule has 26 heavy (non-hydrogen) atoms. The SMILES string of the molecule is CC(C)CC(=O)Nc1ccc(C(=O)COC(=O)CN2CCSC2=O)cc1. The highest BCUT2D eigenvalue weighted by atomic mass is 32.2. The number of ether oxygens (including phenoxy) is 1. The van der Waals surface area contributed by atoms with Gasteiger partial charge in [-0.15, -0.1) is 0 Å². The van der Waals surface area contributed by atoms with E-state index in [1.807, 2.05) is 13.8 Å². The number of esters is 1. The van der Waals surface area contributed by atoms with Crippen molar-refractivity contribution in [3.05, 3.63) is 29.8 Å². The summed E-state index contributed by atoms with van der Waals surface area (Å²) in [6, 6.07) is 6.41. The molecule has 2 rings (SSSR count). The van der Waals surface area contributed by atoms with Crippen molar-refractivity contribution >= 4 is 40.3 Å². The van der Waals surface area contributed by atoms with Crippen LogP contribution in [0.3, 0.4) is 0 Å².